The van der Waals surface area contributed by atoms with E-state index in [1.807, 2.05) is 12.1 Å². The Labute approximate surface area is 281 Å². The summed E-state index contributed by atoms with van der Waals surface area (Å²) in [6.07, 6.45) is 0. The summed E-state index contributed by atoms with van der Waals surface area (Å²) in [5.41, 5.74) is 9.67. The lowest BCUT2D eigenvalue weighted by Gasteiger charge is -2.28. The number of hydrogen-bond donors (Lipinski definition) is 0. The van der Waals surface area contributed by atoms with Gasteiger partial charge in [-0.3, -0.25) is 0 Å². The van der Waals surface area contributed by atoms with Gasteiger partial charge in [0.25, 0.3) is 0 Å². The number of nitrogens with zero attached hydrogens (tertiary/aromatic N) is 1. The number of fused-ring (bicyclic) bond motifs is 6. The van der Waals surface area contributed by atoms with E-state index in [2.05, 4.69) is 179 Å². The fourth-order valence-corrected chi connectivity index (χ4v) is 7.23. The number of rotatable bonds is 5. The van der Waals surface area contributed by atoms with Crippen molar-refractivity contribution >= 4 is 76.5 Å². The van der Waals surface area contributed by atoms with Crippen LogP contribution >= 0.6 is 15.9 Å². The summed E-state index contributed by atoms with van der Waals surface area (Å²) >= 11 is 3.71. The molecule has 0 aliphatic rings. The third kappa shape index (κ3) is 4.79. The van der Waals surface area contributed by atoms with Gasteiger partial charge in [-0.2, -0.15) is 0 Å². The highest BCUT2D eigenvalue weighted by Crippen LogP contribution is 2.43. The van der Waals surface area contributed by atoms with Crippen LogP contribution in [0.2, 0.25) is 0 Å². The Morgan fingerprint density at radius 1 is 0.426 bits per heavy atom. The van der Waals surface area contributed by atoms with Crippen molar-refractivity contribution in [3.05, 3.63) is 174 Å². The summed E-state index contributed by atoms with van der Waals surface area (Å²) in [6, 6.07) is 60.5. The topological polar surface area (TPSA) is 16.4 Å². The van der Waals surface area contributed by atoms with Crippen molar-refractivity contribution in [2.45, 2.75) is 0 Å². The lowest BCUT2D eigenvalue weighted by atomic mass is 9.98. The maximum atomic E-state index is 6.39. The minimum atomic E-state index is 0.908. The van der Waals surface area contributed by atoms with Crippen LogP contribution in [0.15, 0.2) is 179 Å². The average molecular weight is 667 g/mol. The Hall–Kier alpha value is -5.64. The van der Waals surface area contributed by atoms with E-state index < -0.39 is 0 Å². The largest absolute Gasteiger partial charge is 0.455 e. The molecular formula is C44H28BrNO. The van der Waals surface area contributed by atoms with Gasteiger partial charge in [-0.1, -0.05) is 137 Å². The molecule has 47 heavy (non-hydrogen) atoms. The standard InChI is InChI=1S/C44H28BrNO/c45-33-23-19-31-17-18-32-22-26-35(28-41(32)40(31)27-33)46(42-15-6-4-11-36(42)29-9-2-1-3-10-29)34-24-20-30(21-25-34)37-13-8-14-39-38-12-5-7-16-43(38)47-44(37)39/h1-28H. The molecule has 0 fully saturated rings. The molecule has 9 rings (SSSR count). The lowest BCUT2D eigenvalue weighted by Crippen LogP contribution is -2.11. The number of anilines is 3. The van der Waals surface area contributed by atoms with Gasteiger partial charge in [-0.25, -0.2) is 0 Å². The monoisotopic (exact) mass is 665 g/mol. The maximum absolute atomic E-state index is 6.39. The number of furan rings is 1. The summed E-state index contributed by atoms with van der Waals surface area (Å²) in [5, 5.41) is 7.15. The van der Waals surface area contributed by atoms with Crippen LogP contribution in [0.25, 0.3) is 65.7 Å². The van der Waals surface area contributed by atoms with Crippen LogP contribution in [0, 0.1) is 0 Å². The zero-order valence-electron chi connectivity index (χ0n) is 25.4. The van der Waals surface area contributed by atoms with Gasteiger partial charge in [-0.05, 0) is 81.2 Å². The summed E-state index contributed by atoms with van der Waals surface area (Å²) < 4.78 is 7.46. The number of benzene rings is 8. The van der Waals surface area contributed by atoms with E-state index in [4.69, 9.17) is 4.42 Å². The van der Waals surface area contributed by atoms with E-state index in [1.54, 1.807) is 0 Å². The number of para-hydroxylation sites is 3. The Morgan fingerprint density at radius 2 is 1.04 bits per heavy atom. The van der Waals surface area contributed by atoms with Gasteiger partial charge >= 0.3 is 0 Å². The minimum absolute atomic E-state index is 0.908. The molecule has 0 spiro atoms. The van der Waals surface area contributed by atoms with Crippen LogP contribution in [0.1, 0.15) is 0 Å². The van der Waals surface area contributed by atoms with Crippen LogP contribution in [0.4, 0.5) is 17.1 Å². The smallest absolute Gasteiger partial charge is 0.143 e. The van der Waals surface area contributed by atoms with Gasteiger partial charge in [0.15, 0.2) is 0 Å². The SMILES string of the molecule is Brc1ccc2ccc3ccc(N(c4ccc(-c5cccc6c5oc5ccccc56)cc4)c4ccccc4-c4ccccc4)cc3c2c1. The second kappa shape index (κ2) is 11.3. The van der Waals surface area contributed by atoms with Crippen molar-refractivity contribution in [1.29, 1.82) is 0 Å². The van der Waals surface area contributed by atoms with Gasteiger partial charge in [0, 0.05) is 37.7 Å². The van der Waals surface area contributed by atoms with Gasteiger partial charge in [-0.15, -0.1) is 0 Å². The molecule has 0 N–H and O–H groups in total. The third-order valence-electron chi connectivity index (χ3n) is 9.11. The molecular weight excluding hydrogens is 638 g/mol. The van der Waals surface area contributed by atoms with Gasteiger partial charge in [0.1, 0.15) is 11.2 Å². The number of hydrogen-bond acceptors (Lipinski definition) is 2. The van der Waals surface area contributed by atoms with E-state index in [1.165, 1.54) is 32.7 Å². The highest BCUT2D eigenvalue weighted by molar-refractivity contribution is 9.10. The molecule has 0 atom stereocenters. The molecule has 0 amide bonds. The highest BCUT2D eigenvalue weighted by Gasteiger charge is 2.19. The molecule has 3 heteroatoms. The van der Waals surface area contributed by atoms with Crippen molar-refractivity contribution in [2.75, 3.05) is 4.90 Å². The average Bonchev–Trinajstić information content (AvgIpc) is 3.52. The summed E-state index contributed by atoms with van der Waals surface area (Å²) in [5.74, 6) is 0. The van der Waals surface area contributed by atoms with E-state index in [9.17, 15) is 0 Å². The molecule has 0 aliphatic heterocycles. The molecule has 222 valence electrons. The predicted octanol–water partition coefficient (Wildman–Crippen LogP) is 13.5. The van der Waals surface area contributed by atoms with Crippen molar-refractivity contribution in [1.82, 2.24) is 0 Å². The minimum Gasteiger partial charge on any atom is -0.455 e. The van der Waals surface area contributed by atoms with Gasteiger partial charge < -0.3 is 9.32 Å². The zero-order valence-corrected chi connectivity index (χ0v) is 27.0. The van der Waals surface area contributed by atoms with Crippen LogP contribution in [-0.2, 0) is 0 Å². The Balaban J connectivity index is 1.24. The van der Waals surface area contributed by atoms with Crippen LogP contribution in [0.3, 0.4) is 0 Å². The predicted molar refractivity (Wildman–Crippen MR) is 202 cm³/mol. The van der Waals surface area contributed by atoms with Crippen LogP contribution in [0.5, 0.6) is 0 Å². The van der Waals surface area contributed by atoms with Crippen molar-refractivity contribution in [3.8, 4) is 22.3 Å². The van der Waals surface area contributed by atoms with Crippen LogP contribution in [-0.4, -0.2) is 0 Å². The van der Waals surface area contributed by atoms with E-state index >= 15 is 0 Å². The Bertz CT molecular complexity index is 2580. The van der Waals surface area contributed by atoms with Crippen molar-refractivity contribution in [3.63, 3.8) is 0 Å². The summed E-state index contributed by atoms with van der Waals surface area (Å²) in [7, 11) is 0. The third-order valence-corrected chi connectivity index (χ3v) is 9.61. The Morgan fingerprint density at radius 3 is 1.89 bits per heavy atom. The summed E-state index contributed by atoms with van der Waals surface area (Å²) in [4.78, 5) is 2.38. The first-order valence-electron chi connectivity index (χ1n) is 15.8. The second-order valence-electron chi connectivity index (χ2n) is 11.9. The Kier molecular flexibility index (Phi) is 6.65. The van der Waals surface area contributed by atoms with E-state index in [-0.39, 0.29) is 0 Å². The molecule has 0 saturated carbocycles. The highest BCUT2D eigenvalue weighted by atomic mass is 79.9. The maximum Gasteiger partial charge on any atom is 0.143 e. The van der Waals surface area contributed by atoms with Gasteiger partial charge in [0.2, 0.25) is 0 Å². The van der Waals surface area contributed by atoms with Crippen LogP contribution < -0.4 is 4.90 Å². The number of halogens is 1. The van der Waals surface area contributed by atoms with Gasteiger partial charge in [0.05, 0.1) is 5.69 Å². The molecule has 1 aromatic heterocycles. The molecule has 0 aliphatic carbocycles. The van der Waals surface area contributed by atoms with Crippen molar-refractivity contribution < 1.29 is 4.42 Å². The second-order valence-corrected chi connectivity index (χ2v) is 12.8. The molecule has 0 bridgehead atoms. The fourth-order valence-electron chi connectivity index (χ4n) is 6.87. The van der Waals surface area contributed by atoms with Crippen molar-refractivity contribution in [2.24, 2.45) is 0 Å². The zero-order chi connectivity index (χ0) is 31.3. The molecule has 1 heterocycles. The summed E-state index contributed by atoms with van der Waals surface area (Å²) in [6.45, 7) is 0. The van der Waals surface area contributed by atoms with E-state index in [0.717, 1.165) is 54.6 Å². The fraction of sp³-hybridized carbons (Fsp3) is 0. The quantitative estimate of drug-likeness (QED) is 0.170. The first-order valence-corrected chi connectivity index (χ1v) is 16.6. The molecule has 0 radical (unpaired) electrons. The normalized spacial score (nSPS) is 11.5. The molecule has 2 nitrogen and oxygen atoms in total. The van der Waals surface area contributed by atoms with E-state index in [0.29, 0.717) is 0 Å². The first-order chi connectivity index (χ1) is 23.2. The molecule has 0 unspecified atom stereocenters. The molecule has 9 aromatic rings. The lowest BCUT2D eigenvalue weighted by molar-refractivity contribution is 0.670. The first kappa shape index (κ1) is 27.7. The molecule has 8 aromatic carbocycles. The molecule has 0 saturated heterocycles.